The number of pyridine rings is 1. The highest BCUT2D eigenvalue weighted by molar-refractivity contribution is 6.06. The van der Waals surface area contributed by atoms with Crippen molar-refractivity contribution >= 4 is 21.9 Å². The van der Waals surface area contributed by atoms with Crippen LogP contribution in [0.3, 0.4) is 0 Å². The van der Waals surface area contributed by atoms with Gasteiger partial charge in [0.15, 0.2) is 0 Å². The predicted octanol–water partition coefficient (Wildman–Crippen LogP) is 6.24. The molecule has 5 rings (SSSR count). The molecular formula is C24H17NO. The Balaban J connectivity index is 1.62. The van der Waals surface area contributed by atoms with Crippen LogP contribution in [0, 0.1) is 0 Å². The van der Waals surface area contributed by atoms with E-state index in [9.17, 15) is 0 Å². The molecule has 0 fully saturated rings. The average molecular weight is 337 g/mol. The van der Waals surface area contributed by atoms with E-state index in [1.807, 2.05) is 72.8 Å². The minimum atomic E-state index is -1.59. The van der Waals surface area contributed by atoms with Gasteiger partial charge in [0.05, 0.1) is 5.69 Å². The Kier molecular flexibility index (Phi) is 3.06. The molecule has 2 aromatic heterocycles. The lowest BCUT2D eigenvalue weighted by atomic mass is 10.0. The molecule has 0 saturated carbocycles. The van der Waals surface area contributed by atoms with Gasteiger partial charge in [-0.05, 0) is 53.9 Å². The quantitative estimate of drug-likeness (QED) is 0.389. The van der Waals surface area contributed by atoms with Crippen LogP contribution in [0.1, 0.15) is 13.9 Å². The van der Waals surface area contributed by atoms with Crippen LogP contribution < -0.4 is 0 Å². The Morgan fingerprint density at radius 3 is 2.46 bits per heavy atom. The number of para-hydroxylation sites is 1. The predicted molar refractivity (Wildman–Crippen MR) is 106 cm³/mol. The highest BCUT2D eigenvalue weighted by Gasteiger charge is 2.09. The second-order valence-electron chi connectivity index (χ2n) is 6.23. The van der Waals surface area contributed by atoms with Crippen molar-refractivity contribution < 1.29 is 7.16 Å². The number of hydrogen-bond donors (Lipinski definition) is 0. The fourth-order valence-corrected chi connectivity index (χ4v) is 3.24. The minimum absolute atomic E-state index is 0.584. The van der Waals surface area contributed by atoms with Gasteiger partial charge in [-0.3, -0.25) is 4.98 Å². The summed E-state index contributed by atoms with van der Waals surface area (Å²) >= 11 is 0. The lowest BCUT2D eigenvalue weighted by Crippen LogP contribution is -1.91. The van der Waals surface area contributed by atoms with Crippen molar-refractivity contribution in [3.05, 3.63) is 102 Å². The van der Waals surface area contributed by atoms with Gasteiger partial charge < -0.3 is 4.42 Å². The van der Waals surface area contributed by atoms with Crippen LogP contribution in [-0.4, -0.2) is 4.98 Å². The van der Waals surface area contributed by atoms with Crippen LogP contribution in [0.25, 0.3) is 33.2 Å². The van der Waals surface area contributed by atoms with Gasteiger partial charge >= 0.3 is 0 Å². The molecule has 5 aromatic rings. The zero-order valence-corrected chi connectivity index (χ0v) is 14.0. The Morgan fingerprint density at radius 2 is 1.54 bits per heavy atom. The molecule has 3 aromatic carbocycles. The van der Waals surface area contributed by atoms with Crippen LogP contribution in [0.2, 0.25) is 0 Å². The van der Waals surface area contributed by atoms with Crippen molar-refractivity contribution in [2.24, 2.45) is 0 Å². The zero-order chi connectivity index (χ0) is 19.1. The maximum Gasteiger partial charge on any atom is 0.135 e. The zero-order valence-electron chi connectivity index (χ0n) is 16.0. The fraction of sp³-hybridized carbons (Fsp3) is 0.0417. The molecule has 0 atom stereocenters. The highest BCUT2D eigenvalue weighted by Crippen LogP contribution is 2.32. The second kappa shape index (κ2) is 6.16. The second-order valence-corrected chi connectivity index (χ2v) is 6.23. The summed E-state index contributed by atoms with van der Waals surface area (Å²) in [5.41, 5.74) is 4.58. The van der Waals surface area contributed by atoms with E-state index < -0.39 is 6.37 Å². The number of fused-ring (bicyclic) bond motifs is 3. The van der Waals surface area contributed by atoms with Crippen molar-refractivity contribution in [3.63, 3.8) is 0 Å². The summed E-state index contributed by atoms with van der Waals surface area (Å²) in [6.07, 6.45) is 0.0779. The van der Waals surface area contributed by atoms with Gasteiger partial charge in [-0.1, -0.05) is 48.5 Å². The first-order valence-corrected chi connectivity index (χ1v) is 8.57. The van der Waals surface area contributed by atoms with Crippen molar-refractivity contribution in [2.75, 3.05) is 0 Å². The number of hydrogen-bond acceptors (Lipinski definition) is 2. The summed E-state index contributed by atoms with van der Waals surface area (Å²) in [6, 6.07) is 26.7. The maximum absolute atomic E-state index is 8.61. The summed E-state index contributed by atoms with van der Waals surface area (Å²) in [7, 11) is 0. The van der Waals surface area contributed by atoms with E-state index >= 15 is 0 Å². The normalized spacial score (nSPS) is 12.9. The van der Waals surface area contributed by atoms with E-state index in [4.69, 9.17) is 7.16 Å². The van der Waals surface area contributed by atoms with E-state index in [0.717, 1.165) is 33.2 Å². The molecule has 0 bridgehead atoms. The molecule has 2 nitrogen and oxygen atoms in total. The van der Waals surface area contributed by atoms with Crippen molar-refractivity contribution in [2.45, 2.75) is 6.37 Å². The Bertz CT molecular complexity index is 1290. The number of furan rings is 1. The highest BCUT2D eigenvalue weighted by atomic mass is 16.3. The van der Waals surface area contributed by atoms with Gasteiger partial charge in [0.1, 0.15) is 11.2 Å². The average Bonchev–Trinajstić information content (AvgIpc) is 3.12. The van der Waals surface area contributed by atoms with Gasteiger partial charge in [0.2, 0.25) is 0 Å². The molecule has 0 aliphatic carbocycles. The first-order chi connectivity index (χ1) is 13.6. The molecular weight excluding hydrogens is 318 g/mol. The molecule has 0 N–H and O–H groups in total. The lowest BCUT2D eigenvalue weighted by molar-refractivity contribution is 0.669. The number of rotatable bonds is 3. The van der Waals surface area contributed by atoms with Gasteiger partial charge in [0.25, 0.3) is 0 Å². The monoisotopic (exact) mass is 337 g/mol. The Morgan fingerprint density at radius 1 is 0.731 bits per heavy atom. The molecule has 0 aliphatic rings. The molecule has 0 saturated heterocycles. The van der Waals surface area contributed by atoms with Gasteiger partial charge in [-0.2, -0.15) is 0 Å². The summed E-state index contributed by atoms with van der Waals surface area (Å²) in [6.45, 7) is 0. The molecule has 0 spiro atoms. The Hall–Kier alpha value is -3.39. The first-order valence-electron chi connectivity index (χ1n) is 9.57. The third-order valence-corrected chi connectivity index (χ3v) is 4.49. The third-order valence-electron chi connectivity index (χ3n) is 4.49. The van der Waals surface area contributed by atoms with E-state index in [1.165, 1.54) is 0 Å². The molecule has 0 unspecified atom stereocenters. The molecule has 0 radical (unpaired) electrons. The summed E-state index contributed by atoms with van der Waals surface area (Å²) in [4.78, 5) is 4.49. The van der Waals surface area contributed by atoms with Crippen LogP contribution in [0.5, 0.6) is 0 Å². The fourth-order valence-electron chi connectivity index (χ4n) is 3.24. The molecule has 124 valence electrons. The maximum atomic E-state index is 8.61. The summed E-state index contributed by atoms with van der Waals surface area (Å²) in [5, 5.41) is 2.10. The van der Waals surface area contributed by atoms with E-state index in [2.05, 4.69) is 11.1 Å². The van der Waals surface area contributed by atoms with E-state index in [1.54, 1.807) is 12.3 Å². The van der Waals surface area contributed by atoms with Crippen LogP contribution in [0.15, 0.2) is 95.5 Å². The number of aromatic nitrogens is 1. The minimum Gasteiger partial charge on any atom is -0.456 e. The van der Waals surface area contributed by atoms with Gasteiger partial charge in [-0.25, -0.2) is 0 Å². The van der Waals surface area contributed by atoms with Crippen LogP contribution in [-0.2, 0) is 6.37 Å². The number of nitrogens with zero attached hydrogens (tertiary/aromatic N) is 1. The van der Waals surface area contributed by atoms with E-state index in [0.29, 0.717) is 11.1 Å². The molecule has 26 heavy (non-hydrogen) atoms. The van der Waals surface area contributed by atoms with Crippen molar-refractivity contribution in [3.8, 4) is 11.3 Å². The lowest BCUT2D eigenvalue weighted by Gasteiger charge is -2.05. The largest absolute Gasteiger partial charge is 0.456 e. The smallest absolute Gasteiger partial charge is 0.135 e. The molecule has 2 heterocycles. The standard InChI is InChI=1S/C24H17NO/c1-2-6-17(7-3-1)14-18-12-13-25-22(15-18)19-10-11-24-21(16-19)20-8-4-5-9-23(20)26-24/h1-13,15-16H,14H2/i14D2. The van der Waals surface area contributed by atoms with Gasteiger partial charge in [0, 0.05) is 25.3 Å². The number of benzene rings is 3. The molecule has 2 heteroatoms. The molecule has 0 aliphatic heterocycles. The summed E-state index contributed by atoms with van der Waals surface area (Å²) in [5.74, 6) is 0. The first kappa shape index (κ1) is 12.9. The van der Waals surface area contributed by atoms with Crippen LogP contribution >= 0.6 is 0 Å². The summed E-state index contributed by atoms with van der Waals surface area (Å²) < 4.78 is 23.1. The van der Waals surface area contributed by atoms with Gasteiger partial charge in [-0.15, -0.1) is 0 Å². The van der Waals surface area contributed by atoms with Crippen molar-refractivity contribution in [1.29, 1.82) is 0 Å². The molecule has 0 amide bonds. The van der Waals surface area contributed by atoms with Crippen molar-refractivity contribution in [1.82, 2.24) is 4.98 Å². The Labute approximate surface area is 154 Å². The third kappa shape index (κ3) is 2.66. The topological polar surface area (TPSA) is 26.0 Å². The van der Waals surface area contributed by atoms with Crippen LogP contribution in [0.4, 0.5) is 0 Å². The van der Waals surface area contributed by atoms with E-state index in [-0.39, 0.29) is 0 Å². The SMILES string of the molecule is [2H]C([2H])(c1ccccc1)c1ccnc(-c2ccc3oc4ccccc4c3c2)c1.